The third kappa shape index (κ3) is 14.8. The van der Waals surface area contributed by atoms with Gasteiger partial charge in [-0.1, -0.05) is 58.0 Å². The molecule has 0 saturated carbocycles. The van der Waals surface area contributed by atoms with Gasteiger partial charge in [0.2, 0.25) is 17.7 Å². The average molecular weight is 581 g/mol. The number of alkyl carbamates (subject to hydrolysis) is 1. The summed E-state index contributed by atoms with van der Waals surface area (Å²) < 4.78 is 5.17. The SMILES string of the molecule is CSCC[C@H](NC(=O)OCC(C)C)C(=O)N[C@@H](CC(C)C)C(=O)N[C@@H](Cc1ccccc1)C(=O)NCCC(=O)O. The first-order chi connectivity index (χ1) is 18.9. The Morgan fingerprint density at radius 1 is 0.850 bits per heavy atom. The highest BCUT2D eigenvalue weighted by Gasteiger charge is 2.30. The molecule has 40 heavy (non-hydrogen) atoms. The zero-order chi connectivity index (χ0) is 30.1. The van der Waals surface area contributed by atoms with Gasteiger partial charge in [0.1, 0.15) is 18.1 Å². The summed E-state index contributed by atoms with van der Waals surface area (Å²) in [5, 5.41) is 19.5. The zero-order valence-corrected chi connectivity index (χ0v) is 24.8. The molecule has 0 fully saturated rings. The molecule has 0 spiro atoms. The van der Waals surface area contributed by atoms with E-state index in [2.05, 4.69) is 21.3 Å². The average Bonchev–Trinajstić information content (AvgIpc) is 2.88. The Morgan fingerprint density at radius 3 is 2.05 bits per heavy atom. The van der Waals surface area contributed by atoms with E-state index in [1.165, 1.54) is 11.8 Å². The quantitative estimate of drug-likeness (QED) is 0.177. The Morgan fingerprint density at radius 2 is 1.48 bits per heavy atom. The fourth-order valence-electron chi connectivity index (χ4n) is 3.65. The summed E-state index contributed by atoms with van der Waals surface area (Å²) in [6.45, 7) is 7.73. The maximum atomic E-state index is 13.4. The van der Waals surface area contributed by atoms with Gasteiger partial charge in [0.25, 0.3) is 0 Å². The van der Waals surface area contributed by atoms with E-state index in [0.29, 0.717) is 18.6 Å². The molecule has 0 radical (unpaired) electrons. The topological polar surface area (TPSA) is 163 Å². The number of nitrogens with one attached hydrogen (secondary N) is 4. The standard InChI is InChI=1S/C28H44N4O7S/c1-18(2)15-22(30-26(36)21(12-14-40-5)32-28(38)39-17-19(3)4)27(37)31-23(16-20-9-7-6-8-10-20)25(35)29-13-11-24(33)34/h6-10,18-19,21-23H,11-17H2,1-5H3,(H,29,35)(H,30,36)(H,31,37)(H,32,38)(H,33,34)/t21-,22-,23-/m0/s1. The Bertz CT molecular complexity index is 959. The van der Waals surface area contributed by atoms with Crippen LogP contribution in [0.1, 0.15) is 52.5 Å². The lowest BCUT2D eigenvalue weighted by atomic mass is 10.0. The van der Waals surface area contributed by atoms with Crippen molar-refractivity contribution in [3.8, 4) is 0 Å². The van der Waals surface area contributed by atoms with Gasteiger partial charge < -0.3 is 31.1 Å². The van der Waals surface area contributed by atoms with Gasteiger partial charge in [-0.3, -0.25) is 19.2 Å². The van der Waals surface area contributed by atoms with E-state index in [1.54, 1.807) is 0 Å². The number of hydrogen-bond acceptors (Lipinski definition) is 7. The van der Waals surface area contributed by atoms with Crippen LogP contribution in [-0.2, 0) is 30.3 Å². The number of thioether (sulfide) groups is 1. The molecule has 12 heteroatoms. The number of aliphatic carboxylic acids is 1. The summed E-state index contributed by atoms with van der Waals surface area (Å²) in [5.74, 6) is -1.90. The Balaban J connectivity index is 3.05. The normalized spacial score (nSPS) is 13.2. The number of rotatable bonds is 18. The summed E-state index contributed by atoms with van der Waals surface area (Å²) in [5.41, 5.74) is 0.798. The lowest BCUT2D eigenvalue weighted by Crippen LogP contribution is -2.57. The minimum atomic E-state index is -1.05. The van der Waals surface area contributed by atoms with Gasteiger partial charge in [-0.15, -0.1) is 0 Å². The van der Waals surface area contributed by atoms with E-state index >= 15 is 0 Å². The van der Waals surface area contributed by atoms with Crippen LogP contribution in [0.25, 0.3) is 0 Å². The Kier molecular flexibility index (Phi) is 16.4. The minimum absolute atomic E-state index is 0.0293. The molecular weight excluding hydrogens is 536 g/mol. The minimum Gasteiger partial charge on any atom is -0.481 e. The predicted molar refractivity (Wildman–Crippen MR) is 155 cm³/mol. The molecule has 0 aliphatic carbocycles. The molecule has 1 rings (SSSR count). The predicted octanol–water partition coefficient (Wildman–Crippen LogP) is 2.34. The molecular formula is C28H44N4O7S. The van der Waals surface area contributed by atoms with Crippen LogP contribution in [0.3, 0.4) is 0 Å². The third-order valence-electron chi connectivity index (χ3n) is 5.66. The summed E-state index contributed by atoms with van der Waals surface area (Å²) in [7, 11) is 0. The monoisotopic (exact) mass is 580 g/mol. The second-order valence-corrected chi connectivity index (χ2v) is 11.3. The van der Waals surface area contributed by atoms with E-state index in [-0.39, 0.29) is 37.8 Å². The lowest BCUT2D eigenvalue weighted by Gasteiger charge is -2.26. The molecule has 0 unspecified atom stereocenters. The highest BCUT2D eigenvalue weighted by Crippen LogP contribution is 2.10. The van der Waals surface area contributed by atoms with Gasteiger partial charge in [0.15, 0.2) is 0 Å². The number of ether oxygens (including phenoxy) is 1. The lowest BCUT2D eigenvalue weighted by molar-refractivity contribution is -0.137. The molecule has 4 amide bonds. The van der Waals surface area contributed by atoms with E-state index in [9.17, 15) is 24.0 Å². The molecule has 0 heterocycles. The number of carboxylic acid groups (broad SMARTS) is 1. The van der Waals surface area contributed by atoms with Crippen LogP contribution >= 0.6 is 11.8 Å². The van der Waals surface area contributed by atoms with Crippen molar-refractivity contribution >= 4 is 41.5 Å². The first kappa shape index (κ1) is 34.7. The van der Waals surface area contributed by atoms with Crippen molar-refractivity contribution < 1.29 is 33.8 Å². The van der Waals surface area contributed by atoms with Gasteiger partial charge in [0.05, 0.1) is 13.0 Å². The molecule has 11 nitrogen and oxygen atoms in total. The van der Waals surface area contributed by atoms with E-state index in [0.717, 1.165) is 5.56 Å². The summed E-state index contributed by atoms with van der Waals surface area (Å²) in [6, 6.07) is 6.22. The molecule has 0 saturated heterocycles. The second kappa shape index (κ2) is 18.9. The van der Waals surface area contributed by atoms with Crippen molar-refractivity contribution in [2.24, 2.45) is 11.8 Å². The summed E-state index contributed by atoms with van der Waals surface area (Å²) in [4.78, 5) is 62.7. The smallest absolute Gasteiger partial charge is 0.407 e. The zero-order valence-electron chi connectivity index (χ0n) is 24.0. The Hall–Kier alpha value is -3.28. The fraction of sp³-hybridized carbons (Fsp3) is 0.607. The van der Waals surface area contributed by atoms with Crippen LogP contribution in [0.2, 0.25) is 0 Å². The third-order valence-corrected chi connectivity index (χ3v) is 6.30. The number of benzene rings is 1. The second-order valence-electron chi connectivity index (χ2n) is 10.3. The number of hydrogen-bond donors (Lipinski definition) is 5. The molecule has 3 atom stereocenters. The first-order valence-corrected chi connectivity index (χ1v) is 14.9. The highest BCUT2D eigenvalue weighted by atomic mass is 32.2. The van der Waals surface area contributed by atoms with Gasteiger partial charge in [-0.2, -0.15) is 11.8 Å². The van der Waals surface area contributed by atoms with Crippen molar-refractivity contribution in [3.63, 3.8) is 0 Å². The van der Waals surface area contributed by atoms with Gasteiger partial charge in [-0.25, -0.2) is 4.79 Å². The maximum absolute atomic E-state index is 13.4. The van der Waals surface area contributed by atoms with Crippen molar-refractivity contribution in [2.45, 2.75) is 71.5 Å². The van der Waals surface area contributed by atoms with Gasteiger partial charge in [-0.05, 0) is 42.2 Å². The first-order valence-electron chi connectivity index (χ1n) is 13.5. The Labute approximate surface area is 240 Å². The van der Waals surface area contributed by atoms with Gasteiger partial charge in [0, 0.05) is 13.0 Å². The van der Waals surface area contributed by atoms with Gasteiger partial charge >= 0.3 is 12.1 Å². The molecule has 0 aliphatic heterocycles. The van der Waals surface area contributed by atoms with Crippen molar-refractivity contribution in [2.75, 3.05) is 25.2 Å². The summed E-state index contributed by atoms with van der Waals surface area (Å²) >= 11 is 1.52. The molecule has 1 aromatic carbocycles. The largest absolute Gasteiger partial charge is 0.481 e. The molecule has 5 N–H and O–H groups in total. The van der Waals surface area contributed by atoms with Crippen molar-refractivity contribution in [1.82, 2.24) is 21.3 Å². The van der Waals surface area contributed by atoms with Crippen molar-refractivity contribution in [3.05, 3.63) is 35.9 Å². The van der Waals surface area contributed by atoms with Crippen LogP contribution in [0.5, 0.6) is 0 Å². The van der Waals surface area contributed by atoms with Crippen LogP contribution in [-0.4, -0.2) is 78.2 Å². The van der Waals surface area contributed by atoms with Crippen LogP contribution < -0.4 is 21.3 Å². The van der Waals surface area contributed by atoms with E-state index in [4.69, 9.17) is 9.84 Å². The van der Waals surface area contributed by atoms with E-state index < -0.39 is 47.9 Å². The highest BCUT2D eigenvalue weighted by molar-refractivity contribution is 7.98. The molecule has 1 aromatic rings. The molecule has 0 bridgehead atoms. The van der Waals surface area contributed by atoms with Crippen LogP contribution in [0, 0.1) is 11.8 Å². The van der Waals surface area contributed by atoms with Crippen LogP contribution in [0.4, 0.5) is 4.79 Å². The number of amides is 4. The van der Waals surface area contributed by atoms with E-state index in [1.807, 2.05) is 64.3 Å². The number of carbonyl (C=O) groups is 5. The van der Waals surface area contributed by atoms with Crippen LogP contribution in [0.15, 0.2) is 30.3 Å². The number of carboxylic acids is 1. The summed E-state index contributed by atoms with van der Waals surface area (Å²) in [6.07, 6.45) is 1.73. The fourth-order valence-corrected chi connectivity index (χ4v) is 4.12. The molecule has 224 valence electrons. The maximum Gasteiger partial charge on any atom is 0.407 e. The number of carbonyl (C=O) groups excluding carboxylic acids is 4. The van der Waals surface area contributed by atoms with Crippen molar-refractivity contribution in [1.29, 1.82) is 0 Å². The molecule has 0 aliphatic rings. The molecule has 0 aromatic heterocycles.